The van der Waals surface area contributed by atoms with Crippen molar-refractivity contribution in [2.45, 2.75) is 89.0 Å². The molecule has 21 N–H and O–H groups in total. The fourth-order valence-electron chi connectivity index (χ4n) is 2.42. The summed E-state index contributed by atoms with van der Waals surface area (Å²) < 4.78 is 0. The Labute approximate surface area is 276 Å². The largest absolute Gasteiger partial charge is 0.481 e. The van der Waals surface area contributed by atoms with Crippen LogP contribution in [-0.4, -0.2) is 119 Å². The molecule has 1 aromatic rings. The second-order valence-electron chi connectivity index (χ2n) is 9.85. The molecule has 1 rings (SSSR count). The van der Waals surface area contributed by atoms with Gasteiger partial charge in [0.2, 0.25) is 5.91 Å². The summed E-state index contributed by atoms with van der Waals surface area (Å²) in [7, 11) is 0. The lowest BCUT2D eigenvalue weighted by Crippen LogP contribution is -2.36. The van der Waals surface area contributed by atoms with Crippen LogP contribution in [0.25, 0.3) is 0 Å². The number of hydrogen-bond acceptors (Lipinski definition) is 14. The van der Waals surface area contributed by atoms with Crippen LogP contribution in [0.3, 0.4) is 0 Å². The van der Waals surface area contributed by atoms with Crippen LogP contribution in [0, 0.1) is 5.92 Å². The van der Waals surface area contributed by atoms with Gasteiger partial charge in [-0.05, 0) is 25.3 Å². The SMILES string of the molecule is CCC(C)C(N)C(=O)O.NC(=O)CC(N)C(=O)O.NC(CC(=O)O)C(=O)O.NC(Cc1c[nH]cn1)C(=O)O.NCCCCC(N)C(=O)O. The van der Waals surface area contributed by atoms with Crippen molar-refractivity contribution in [3.63, 3.8) is 0 Å². The standard InChI is InChI=1S/C6H9N3O2.C6H14N2O2.C6H13NO2.C4H8N2O3.C4H7NO4/c7-5(6(10)11)1-4-2-8-3-9-4;7-4-2-1-3-5(8)6(9)10;1-3-4(2)5(7)6(8)9;2*5-2(4(8)9)1-3(6)7/h2-3,5H,1,7H2,(H,8,9)(H,10,11);5H,1-4,7-8H2,(H,9,10);4-5H,3,7H2,1-2H3,(H,8,9);2H,1,5H2,(H2,6,7)(H,8,9);2H,1,5H2,(H,6,7)(H,8,9). The van der Waals surface area contributed by atoms with E-state index < -0.39 is 78.4 Å². The molecule has 0 fully saturated rings. The Morgan fingerprint density at radius 1 is 0.729 bits per heavy atom. The number of unbranched alkanes of at least 4 members (excludes halogenated alkanes) is 1. The molecular weight excluding hydrogens is 646 g/mol. The molecule has 0 bridgehead atoms. The van der Waals surface area contributed by atoms with Gasteiger partial charge in [-0.1, -0.05) is 26.7 Å². The molecule has 6 unspecified atom stereocenters. The molecule has 22 heteroatoms. The van der Waals surface area contributed by atoms with E-state index in [0.717, 1.165) is 19.3 Å². The number of aromatic amines is 1. The van der Waals surface area contributed by atoms with Crippen molar-refractivity contribution < 1.29 is 64.2 Å². The molecule has 48 heavy (non-hydrogen) atoms. The summed E-state index contributed by atoms with van der Waals surface area (Å²) >= 11 is 0. The van der Waals surface area contributed by atoms with Crippen molar-refractivity contribution in [3.05, 3.63) is 18.2 Å². The molecule has 0 spiro atoms. The number of primary amides is 1. The van der Waals surface area contributed by atoms with E-state index in [9.17, 15) is 33.6 Å². The number of H-pyrrole nitrogens is 1. The van der Waals surface area contributed by atoms with E-state index in [-0.39, 0.29) is 18.8 Å². The number of carboxylic acids is 6. The maximum Gasteiger partial charge on any atom is 0.321 e. The number of aliphatic carboxylic acids is 6. The number of carbonyl (C=O) groups is 7. The molecule has 0 aromatic carbocycles. The third-order valence-corrected chi connectivity index (χ3v) is 5.58. The first-order valence-electron chi connectivity index (χ1n) is 14.1. The molecular formula is C26H51N9O13. The molecule has 0 saturated carbocycles. The Bertz CT molecular complexity index is 1060. The highest BCUT2D eigenvalue weighted by atomic mass is 16.4. The average molecular weight is 698 g/mol. The van der Waals surface area contributed by atoms with E-state index in [1.54, 1.807) is 6.20 Å². The fraction of sp³-hybridized carbons (Fsp3) is 0.615. The minimum atomic E-state index is -1.29. The Hall–Kier alpha value is -4.74. The molecule has 0 aliphatic rings. The normalized spacial score (nSPS) is 13.5. The first-order chi connectivity index (χ1) is 22.0. The van der Waals surface area contributed by atoms with Crippen molar-refractivity contribution in [2.24, 2.45) is 46.1 Å². The number of nitrogens with one attached hydrogen (secondary N) is 1. The van der Waals surface area contributed by atoms with Gasteiger partial charge in [-0.15, -0.1) is 0 Å². The van der Waals surface area contributed by atoms with Crippen molar-refractivity contribution in [2.75, 3.05) is 6.54 Å². The molecule has 1 aromatic heterocycles. The van der Waals surface area contributed by atoms with Gasteiger partial charge in [-0.25, -0.2) is 4.98 Å². The third-order valence-electron chi connectivity index (χ3n) is 5.58. The van der Waals surface area contributed by atoms with Gasteiger partial charge in [-0.2, -0.15) is 0 Å². The summed E-state index contributed by atoms with van der Waals surface area (Å²) in [5, 5.41) is 49.2. The molecule has 1 heterocycles. The number of hydrogen-bond donors (Lipinski definition) is 14. The van der Waals surface area contributed by atoms with Gasteiger partial charge in [0.1, 0.15) is 30.2 Å². The summed E-state index contributed by atoms with van der Waals surface area (Å²) in [6.45, 7) is 4.36. The van der Waals surface area contributed by atoms with Crippen LogP contribution in [-0.2, 0) is 40.0 Å². The van der Waals surface area contributed by atoms with Gasteiger partial charge in [0.25, 0.3) is 0 Å². The van der Waals surface area contributed by atoms with Crippen molar-refractivity contribution in [1.29, 1.82) is 0 Å². The molecule has 0 aliphatic carbocycles. The highest BCUT2D eigenvalue weighted by Crippen LogP contribution is 2.04. The monoisotopic (exact) mass is 697 g/mol. The number of aromatic nitrogens is 2. The summed E-state index contributed by atoms with van der Waals surface area (Å²) in [6.07, 6.45) is 5.52. The van der Waals surface area contributed by atoms with Crippen molar-refractivity contribution in [1.82, 2.24) is 9.97 Å². The second-order valence-corrected chi connectivity index (χ2v) is 9.85. The molecule has 1 amide bonds. The first kappa shape index (κ1) is 50.1. The highest BCUT2D eigenvalue weighted by molar-refractivity contribution is 5.83. The Morgan fingerprint density at radius 3 is 1.44 bits per heavy atom. The number of nitrogens with zero attached hydrogens (tertiary/aromatic N) is 1. The Kier molecular flexibility index (Phi) is 31.0. The predicted octanol–water partition coefficient (Wildman–Crippen LogP) is -3.52. The zero-order chi connectivity index (χ0) is 38.6. The topological polar surface area (TPSA) is 452 Å². The number of carboxylic acid groups (broad SMARTS) is 6. The number of amides is 1. The zero-order valence-corrected chi connectivity index (χ0v) is 26.8. The van der Waals surface area contributed by atoms with E-state index in [1.165, 1.54) is 6.33 Å². The van der Waals surface area contributed by atoms with E-state index in [1.807, 2.05) is 13.8 Å². The minimum Gasteiger partial charge on any atom is -0.481 e. The van der Waals surface area contributed by atoms with Crippen LogP contribution >= 0.6 is 0 Å². The zero-order valence-electron chi connectivity index (χ0n) is 26.8. The van der Waals surface area contributed by atoms with Gasteiger partial charge in [0, 0.05) is 12.6 Å². The molecule has 278 valence electrons. The number of nitrogens with two attached hydrogens (primary N) is 7. The fourth-order valence-corrected chi connectivity index (χ4v) is 2.42. The van der Waals surface area contributed by atoms with Gasteiger partial charge >= 0.3 is 35.8 Å². The van der Waals surface area contributed by atoms with Crippen molar-refractivity contribution >= 4 is 41.7 Å². The molecule has 6 atom stereocenters. The highest BCUT2D eigenvalue weighted by Gasteiger charge is 2.17. The van der Waals surface area contributed by atoms with Gasteiger partial charge < -0.3 is 75.8 Å². The maximum atomic E-state index is 10.3. The summed E-state index contributed by atoms with van der Waals surface area (Å²) in [4.78, 5) is 76.6. The van der Waals surface area contributed by atoms with Crippen molar-refractivity contribution in [3.8, 4) is 0 Å². The minimum absolute atomic E-state index is 0.0718. The average Bonchev–Trinajstić information content (AvgIpc) is 3.49. The van der Waals surface area contributed by atoms with E-state index >= 15 is 0 Å². The summed E-state index contributed by atoms with van der Waals surface area (Å²) in [5.41, 5.74) is 36.0. The molecule has 0 aliphatic heterocycles. The maximum absolute atomic E-state index is 10.3. The molecule has 0 radical (unpaired) electrons. The number of carbonyl (C=O) groups excluding carboxylic acids is 1. The lowest BCUT2D eigenvalue weighted by atomic mass is 10.0. The van der Waals surface area contributed by atoms with Gasteiger partial charge in [0.05, 0.1) is 24.9 Å². The third kappa shape index (κ3) is 32.6. The van der Waals surface area contributed by atoms with Crippen LogP contribution in [0.2, 0.25) is 0 Å². The van der Waals surface area contributed by atoms with Crippen LogP contribution in [0.5, 0.6) is 0 Å². The molecule has 22 nitrogen and oxygen atoms in total. The van der Waals surface area contributed by atoms with Crippen LogP contribution in [0.15, 0.2) is 12.5 Å². The quantitative estimate of drug-likeness (QED) is 0.0701. The van der Waals surface area contributed by atoms with Crippen LogP contribution < -0.4 is 40.1 Å². The first-order valence-corrected chi connectivity index (χ1v) is 14.1. The number of imidazole rings is 1. The van der Waals surface area contributed by atoms with E-state index in [4.69, 9.17) is 65.0 Å². The predicted molar refractivity (Wildman–Crippen MR) is 169 cm³/mol. The van der Waals surface area contributed by atoms with Gasteiger partial charge in [0.15, 0.2) is 0 Å². The van der Waals surface area contributed by atoms with E-state index in [0.29, 0.717) is 18.7 Å². The Morgan fingerprint density at radius 2 is 1.19 bits per heavy atom. The lowest BCUT2D eigenvalue weighted by Gasteiger charge is -2.11. The molecule has 0 saturated heterocycles. The lowest BCUT2D eigenvalue weighted by molar-refractivity contribution is -0.144. The summed E-state index contributed by atoms with van der Waals surface area (Å²) in [5.74, 6) is -7.20. The smallest absolute Gasteiger partial charge is 0.321 e. The van der Waals surface area contributed by atoms with Crippen LogP contribution in [0.1, 0.15) is 58.1 Å². The second kappa shape index (κ2) is 29.6. The number of rotatable bonds is 17. The van der Waals surface area contributed by atoms with Gasteiger partial charge in [-0.3, -0.25) is 33.6 Å². The Balaban J connectivity index is -0.000000253. The van der Waals surface area contributed by atoms with Crippen LogP contribution in [0.4, 0.5) is 0 Å². The van der Waals surface area contributed by atoms with E-state index in [2.05, 4.69) is 15.7 Å². The summed E-state index contributed by atoms with van der Waals surface area (Å²) in [6, 6.07) is -4.73.